The van der Waals surface area contributed by atoms with Gasteiger partial charge in [-0.3, -0.25) is 0 Å². The number of nitrogens with zero attached hydrogens (tertiary/aromatic N) is 1. The molecule has 1 aromatic rings. The summed E-state index contributed by atoms with van der Waals surface area (Å²) >= 11 is 0. The molecule has 60 valence electrons. The molecule has 1 aromatic heterocycles. The molecule has 1 rings (SSSR count). The Morgan fingerprint density at radius 3 is 2.45 bits per heavy atom. The number of halogens is 3. The Morgan fingerprint density at radius 2 is 1.91 bits per heavy atom. The van der Waals surface area contributed by atoms with Crippen molar-refractivity contribution < 1.29 is 13.2 Å². The van der Waals surface area contributed by atoms with Gasteiger partial charge in [-0.05, 0) is 0 Å². The molecule has 11 heavy (non-hydrogen) atoms. The summed E-state index contributed by atoms with van der Waals surface area (Å²) in [5.41, 5.74) is 0. The molecule has 0 aliphatic heterocycles. The number of nitrogens with one attached hydrogen (secondary N) is 1. The second-order valence-electron chi connectivity index (χ2n) is 1.84. The highest BCUT2D eigenvalue weighted by Crippen LogP contribution is 2.12. The zero-order valence-electron chi connectivity index (χ0n) is 5.66. The fourth-order valence-corrected chi connectivity index (χ4v) is 0.619. The maximum Gasteiger partial charge on any atom is 0.251 e. The van der Waals surface area contributed by atoms with Crippen LogP contribution in [0.15, 0.2) is 6.07 Å². The van der Waals surface area contributed by atoms with E-state index in [0.29, 0.717) is 6.07 Å². The van der Waals surface area contributed by atoms with E-state index in [1.54, 1.807) is 0 Å². The van der Waals surface area contributed by atoms with E-state index in [1.807, 2.05) is 0 Å². The first-order valence-electron chi connectivity index (χ1n) is 2.84. The first-order chi connectivity index (χ1) is 5.15. The highest BCUT2D eigenvalue weighted by Gasteiger charge is 2.09. The zero-order valence-corrected chi connectivity index (χ0v) is 5.66. The summed E-state index contributed by atoms with van der Waals surface area (Å²) in [5, 5.41) is 2.27. The third-order valence-electron chi connectivity index (χ3n) is 1.12. The molecule has 2 nitrogen and oxygen atoms in total. The minimum Gasteiger partial charge on any atom is -0.371 e. The third kappa shape index (κ3) is 1.42. The predicted octanol–water partition coefficient (Wildman–Crippen LogP) is 1.54. The van der Waals surface area contributed by atoms with Crippen LogP contribution in [0.1, 0.15) is 0 Å². The average Bonchev–Trinajstić information content (AvgIpc) is 1.97. The monoisotopic (exact) mass is 162 g/mol. The van der Waals surface area contributed by atoms with E-state index in [9.17, 15) is 13.2 Å². The second kappa shape index (κ2) is 2.77. The van der Waals surface area contributed by atoms with Crippen molar-refractivity contribution in [1.82, 2.24) is 4.98 Å². The van der Waals surface area contributed by atoms with Gasteiger partial charge < -0.3 is 5.32 Å². The lowest BCUT2D eigenvalue weighted by molar-refractivity contribution is 0.467. The number of hydrogen-bond acceptors (Lipinski definition) is 2. The standard InChI is InChI=1S/C6H5F3N2/c1-10-6-4(8)2-3(7)5(9)11-6/h2H,1H3,(H,10,11). The summed E-state index contributed by atoms with van der Waals surface area (Å²) in [6.45, 7) is 0. The zero-order chi connectivity index (χ0) is 8.43. The Hall–Kier alpha value is -1.26. The van der Waals surface area contributed by atoms with E-state index in [4.69, 9.17) is 0 Å². The van der Waals surface area contributed by atoms with Crippen molar-refractivity contribution in [3.8, 4) is 0 Å². The molecule has 0 amide bonds. The normalized spacial score (nSPS) is 9.82. The van der Waals surface area contributed by atoms with Gasteiger partial charge in [0.2, 0.25) is 0 Å². The van der Waals surface area contributed by atoms with Crippen molar-refractivity contribution in [1.29, 1.82) is 0 Å². The Bertz CT molecular complexity index is 275. The summed E-state index contributed by atoms with van der Waals surface area (Å²) in [4.78, 5) is 2.96. The van der Waals surface area contributed by atoms with Gasteiger partial charge in [-0.2, -0.15) is 9.37 Å². The molecule has 0 radical (unpaired) electrons. The number of pyridine rings is 1. The Kier molecular flexibility index (Phi) is 1.98. The lowest BCUT2D eigenvalue weighted by atomic mass is 10.4. The van der Waals surface area contributed by atoms with Crippen LogP contribution in [0.4, 0.5) is 19.0 Å². The molecule has 0 bridgehead atoms. The summed E-state index contributed by atoms with van der Waals surface area (Å²) in [7, 11) is 1.36. The van der Waals surface area contributed by atoms with Gasteiger partial charge in [0.15, 0.2) is 17.5 Å². The van der Waals surface area contributed by atoms with Gasteiger partial charge in [0.1, 0.15) is 0 Å². The van der Waals surface area contributed by atoms with Crippen molar-refractivity contribution in [2.75, 3.05) is 12.4 Å². The molecular weight excluding hydrogens is 157 g/mol. The third-order valence-corrected chi connectivity index (χ3v) is 1.12. The van der Waals surface area contributed by atoms with Gasteiger partial charge in [0.25, 0.3) is 5.95 Å². The van der Waals surface area contributed by atoms with E-state index in [2.05, 4.69) is 10.3 Å². The van der Waals surface area contributed by atoms with Crippen LogP contribution in [0.2, 0.25) is 0 Å². The maximum absolute atomic E-state index is 12.5. The van der Waals surface area contributed by atoms with Crippen LogP contribution in [0.5, 0.6) is 0 Å². The van der Waals surface area contributed by atoms with Crippen LogP contribution in [0.25, 0.3) is 0 Å². The molecule has 0 saturated heterocycles. The first-order valence-corrected chi connectivity index (χ1v) is 2.84. The maximum atomic E-state index is 12.5. The largest absolute Gasteiger partial charge is 0.371 e. The van der Waals surface area contributed by atoms with Crippen molar-refractivity contribution >= 4 is 5.82 Å². The first kappa shape index (κ1) is 7.84. The van der Waals surface area contributed by atoms with E-state index in [-0.39, 0.29) is 5.82 Å². The molecule has 5 heteroatoms. The minimum absolute atomic E-state index is 0.302. The van der Waals surface area contributed by atoms with Crippen molar-refractivity contribution in [3.63, 3.8) is 0 Å². The number of aromatic nitrogens is 1. The Balaban J connectivity index is 3.21. The SMILES string of the molecule is CNc1nc(F)c(F)cc1F. The van der Waals surface area contributed by atoms with Gasteiger partial charge in [-0.15, -0.1) is 0 Å². The van der Waals surface area contributed by atoms with Gasteiger partial charge >= 0.3 is 0 Å². The number of rotatable bonds is 1. The molecule has 0 fully saturated rings. The summed E-state index contributed by atoms with van der Waals surface area (Å²) in [6, 6.07) is 0.439. The van der Waals surface area contributed by atoms with E-state index in [1.165, 1.54) is 7.05 Å². The van der Waals surface area contributed by atoms with Crippen LogP contribution < -0.4 is 5.32 Å². The topological polar surface area (TPSA) is 24.9 Å². The lowest BCUT2D eigenvalue weighted by Crippen LogP contribution is -2.00. The van der Waals surface area contributed by atoms with Gasteiger partial charge in [0.05, 0.1) is 0 Å². The molecule has 0 aromatic carbocycles. The van der Waals surface area contributed by atoms with Crippen molar-refractivity contribution in [3.05, 3.63) is 23.6 Å². The fourth-order valence-electron chi connectivity index (χ4n) is 0.619. The van der Waals surface area contributed by atoms with E-state index < -0.39 is 17.6 Å². The highest BCUT2D eigenvalue weighted by atomic mass is 19.2. The lowest BCUT2D eigenvalue weighted by Gasteiger charge is -2.00. The summed E-state index contributed by atoms with van der Waals surface area (Å²) in [6.07, 6.45) is 0. The minimum atomic E-state index is -1.31. The molecular formula is C6H5F3N2. The van der Waals surface area contributed by atoms with Crippen LogP contribution in [0, 0.1) is 17.6 Å². The van der Waals surface area contributed by atoms with Crippen LogP contribution in [0.3, 0.4) is 0 Å². The molecule has 0 saturated carbocycles. The number of anilines is 1. The quantitative estimate of drug-likeness (QED) is 0.633. The highest BCUT2D eigenvalue weighted by molar-refractivity contribution is 5.34. The number of hydrogen-bond donors (Lipinski definition) is 1. The molecule has 0 atom stereocenters. The summed E-state index contributed by atoms with van der Waals surface area (Å²) < 4.78 is 36.9. The summed E-state index contributed by atoms with van der Waals surface area (Å²) in [5.74, 6) is -3.81. The Labute approximate surface area is 61.1 Å². The van der Waals surface area contributed by atoms with Crippen molar-refractivity contribution in [2.24, 2.45) is 0 Å². The average molecular weight is 162 g/mol. The van der Waals surface area contributed by atoms with Gasteiger partial charge in [-0.25, -0.2) is 8.78 Å². The van der Waals surface area contributed by atoms with E-state index >= 15 is 0 Å². The van der Waals surface area contributed by atoms with Crippen LogP contribution >= 0.6 is 0 Å². The molecule has 1 N–H and O–H groups in total. The fraction of sp³-hybridized carbons (Fsp3) is 0.167. The van der Waals surface area contributed by atoms with Gasteiger partial charge in [-0.1, -0.05) is 0 Å². The van der Waals surface area contributed by atoms with E-state index in [0.717, 1.165) is 0 Å². The van der Waals surface area contributed by atoms with Crippen molar-refractivity contribution in [2.45, 2.75) is 0 Å². The molecule has 1 heterocycles. The predicted molar refractivity (Wildman–Crippen MR) is 33.7 cm³/mol. The second-order valence-corrected chi connectivity index (χ2v) is 1.84. The van der Waals surface area contributed by atoms with Crippen LogP contribution in [-0.2, 0) is 0 Å². The molecule has 0 unspecified atom stereocenters. The molecule has 0 aliphatic carbocycles. The molecule has 0 spiro atoms. The van der Waals surface area contributed by atoms with Crippen LogP contribution in [-0.4, -0.2) is 12.0 Å². The Morgan fingerprint density at radius 1 is 1.27 bits per heavy atom. The molecule has 0 aliphatic rings. The van der Waals surface area contributed by atoms with Gasteiger partial charge in [0, 0.05) is 13.1 Å². The smallest absolute Gasteiger partial charge is 0.251 e.